The maximum absolute atomic E-state index is 14.3. The second-order valence-corrected chi connectivity index (χ2v) is 8.68. The Morgan fingerprint density at radius 3 is 2.32 bits per heavy atom. The topological polar surface area (TPSA) is 75.7 Å². The van der Waals surface area contributed by atoms with Gasteiger partial charge >= 0.3 is 0 Å². The molecule has 0 atom stereocenters. The van der Waals surface area contributed by atoms with Gasteiger partial charge in [-0.15, -0.1) is 0 Å². The number of carbonyl (C=O) groups is 1. The number of hydrogen-bond acceptors (Lipinski definition) is 4. The Labute approximate surface area is 181 Å². The van der Waals surface area contributed by atoms with Gasteiger partial charge in [0.25, 0.3) is 0 Å². The Bertz CT molecular complexity index is 1140. The normalized spacial score (nSPS) is 11.3. The number of methoxy groups -OCH3 is 1. The zero-order valence-corrected chi connectivity index (χ0v) is 17.8. The van der Waals surface area contributed by atoms with Crippen LogP contribution in [0.15, 0.2) is 83.8 Å². The highest BCUT2D eigenvalue weighted by atomic mass is 32.2. The van der Waals surface area contributed by atoms with E-state index in [1.165, 1.54) is 25.3 Å². The van der Waals surface area contributed by atoms with E-state index >= 15 is 0 Å². The molecule has 0 aliphatic rings. The summed E-state index contributed by atoms with van der Waals surface area (Å²) >= 11 is 0. The first kappa shape index (κ1) is 22.5. The molecule has 0 bridgehead atoms. The van der Waals surface area contributed by atoms with Crippen LogP contribution in [0.4, 0.5) is 4.39 Å². The summed E-state index contributed by atoms with van der Waals surface area (Å²) in [6.45, 7) is -0.359. The number of ether oxygens (including phenoxy) is 1. The lowest BCUT2D eigenvalue weighted by atomic mass is 10.2. The molecule has 6 nitrogen and oxygen atoms in total. The zero-order valence-electron chi connectivity index (χ0n) is 17.0. The highest BCUT2D eigenvalue weighted by Crippen LogP contribution is 2.21. The number of amides is 1. The fourth-order valence-electron chi connectivity index (χ4n) is 3.06. The largest absolute Gasteiger partial charge is 0.496 e. The molecule has 162 valence electrons. The third kappa shape index (κ3) is 5.68. The molecule has 3 aromatic carbocycles. The van der Waals surface area contributed by atoms with Crippen LogP contribution in [-0.4, -0.2) is 32.3 Å². The molecule has 0 aliphatic heterocycles. The molecule has 0 unspecified atom stereocenters. The van der Waals surface area contributed by atoms with E-state index in [9.17, 15) is 17.6 Å². The smallest absolute Gasteiger partial charge is 0.246 e. The maximum atomic E-state index is 14.3. The number of hydrogen-bond donors (Lipinski definition) is 1. The summed E-state index contributed by atoms with van der Waals surface area (Å²) in [5, 5.41) is 2.71. The third-order valence-corrected chi connectivity index (χ3v) is 6.47. The number of carbonyl (C=O) groups excluding carboxylic acids is 1. The molecular formula is C23H23FN2O4S. The Hall–Kier alpha value is -3.23. The zero-order chi connectivity index (χ0) is 22.3. The third-order valence-electron chi connectivity index (χ3n) is 4.64. The van der Waals surface area contributed by atoms with Crippen LogP contribution in [0, 0.1) is 5.82 Å². The van der Waals surface area contributed by atoms with E-state index in [-0.39, 0.29) is 13.1 Å². The molecule has 0 saturated carbocycles. The van der Waals surface area contributed by atoms with Crippen molar-refractivity contribution in [1.29, 1.82) is 0 Å². The summed E-state index contributed by atoms with van der Waals surface area (Å²) in [6.07, 6.45) is 0. The predicted molar refractivity (Wildman–Crippen MR) is 115 cm³/mol. The molecule has 0 aliphatic carbocycles. The van der Waals surface area contributed by atoms with Crippen LogP contribution < -0.4 is 10.1 Å². The highest BCUT2D eigenvalue weighted by molar-refractivity contribution is 7.89. The molecule has 0 spiro atoms. The van der Waals surface area contributed by atoms with Crippen LogP contribution in [0.25, 0.3) is 0 Å². The van der Waals surface area contributed by atoms with Crippen molar-refractivity contribution in [2.45, 2.75) is 18.0 Å². The van der Waals surface area contributed by atoms with E-state index in [4.69, 9.17) is 4.74 Å². The second-order valence-electron chi connectivity index (χ2n) is 6.78. The van der Waals surface area contributed by atoms with Gasteiger partial charge in [0, 0.05) is 18.7 Å². The molecule has 0 aromatic heterocycles. The Morgan fingerprint density at radius 1 is 0.968 bits per heavy atom. The van der Waals surface area contributed by atoms with E-state index in [0.29, 0.717) is 11.3 Å². The van der Waals surface area contributed by atoms with Gasteiger partial charge in [0.2, 0.25) is 15.9 Å². The number of halogens is 1. The fourth-order valence-corrected chi connectivity index (χ4v) is 4.51. The van der Waals surface area contributed by atoms with E-state index in [2.05, 4.69) is 5.32 Å². The van der Waals surface area contributed by atoms with Crippen LogP contribution in [0.3, 0.4) is 0 Å². The summed E-state index contributed by atoms with van der Waals surface area (Å²) in [6, 6.07) is 21.2. The molecule has 1 amide bonds. The van der Waals surface area contributed by atoms with Crippen LogP contribution in [0.5, 0.6) is 5.75 Å². The molecule has 0 fully saturated rings. The average Bonchev–Trinajstić information content (AvgIpc) is 2.78. The number of sulfonamides is 1. The van der Waals surface area contributed by atoms with E-state index < -0.39 is 33.2 Å². The van der Waals surface area contributed by atoms with E-state index in [1.54, 1.807) is 42.5 Å². The first-order valence-electron chi connectivity index (χ1n) is 9.59. The summed E-state index contributed by atoms with van der Waals surface area (Å²) in [5.41, 5.74) is 1.44. The Kier molecular flexibility index (Phi) is 7.38. The van der Waals surface area contributed by atoms with Crippen LogP contribution >= 0.6 is 0 Å². The van der Waals surface area contributed by atoms with Crippen molar-refractivity contribution in [3.05, 3.63) is 95.8 Å². The first-order valence-corrected chi connectivity index (χ1v) is 11.0. The minimum atomic E-state index is -4.25. The molecule has 0 heterocycles. The van der Waals surface area contributed by atoms with Crippen LogP contribution in [-0.2, 0) is 27.9 Å². The van der Waals surface area contributed by atoms with Gasteiger partial charge in [0.05, 0.1) is 13.7 Å². The summed E-state index contributed by atoms with van der Waals surface area (Å²) in [5.74, 6) is -0.764. The molecular weight excluding hydrogens is 419 g/mol. The van der Waals surface area contributed by atoms with Gasteiger partial charge in [-0.3, -0.25) is 4.79 Å². The molecule has 3 aromatic rings. The monoisotopic (exact) mass is 442 g/mol. The molecule has 1 N–H and O–H groups in total. The van der Waals surface area contributed by atoms with Gasteiger partial charge in [-0.25, -0.2) is 12.8 Å². The fraction of sp³-hybridized carbons (Fsp3) is 0.174. The van der Waals surface area contributed by atoms with E-state index in [1.807, 2.05) is 12.1 Å². The van der Waals surface area contributed by atoms with Crippen LogP contribution in [0.2, 0.25) is 0 Å². The van der Waals surface area contributed by atoms with Crippen molar-refractivity contribution in [3.8, 4) is 5.75 Å². The molecule has 0 radical (unpaired) electrons. The lowest BCUT2D eigenvalue weighted by Crippen LogP contribution is -2.40. The number of benzene rings is 3. The van der Waals surface area contributed by atoms with Crippen molar-refractivity contribution in [2.75, 3.05) is 13.7 Å². The lowest BCUT2D eigenvalue weighted by molar-refractivity contribution is -0.121. The van der Waals surface area contributed by atoms with Crippen molar-refractivity contribution in [1.82, 2.24) is 9.62 Å². The first-order chi connectivity index (χ1) is 14.9. The number of nitrogens with one attached hydrogen (secondary N) is 1. The van der Waals surface area contributed by atoms with Crippen molar-refractivity contribution in [2.24, 2.45) is 0 Å². The van der Waals surface area contributed by atoms with Gasteiger partial charge in [-0.1, -0.05) is 60.7 Å². The molecule has 31 heavy (non-hydrogen) atoms. The number of rotatable bonds is 9. The maximum Gasteiger partial charge on any atom is 0.246 e. The summed E-state index contributed by atoms with van der Waals surface area (Å²) in [7, 11) is -2.72. The Balaban J connectivity index is 1.81. The lowest BCUT2D eigenvalue weighted by Gasteiger charge is -2.22. The van der Waals surface area contributed by atoms with Crippen LogP contribution in [0.1, 0.15) is 11.1 Å². The molecule has 0 saturated heterocycles. The molecule has 8 heteroatoms. The van der Waals surface area contributed by atoms with Gasteiger partial charge in [-0.05, 0) is 23.8 Å². The summed E-state index contributed by atoms with van der Waals surface area (Å²) in [4.78, 5) is 12.2. The quantitative estimate of drug-likeness (QED) is 0.552. The average molecular weight is 443 g/mol. The molecule has 3 rings (SSSR count). The minimum absolute atomic E-state index is 0.0699. The highest BCUT2D eigenvalue weighted by Gasteiger charge is 2.29. The van der Waals surface area contributed by atoms with Gasteiger partial charge < -0.3 is 10.1 Å². The van der Waals surface area contributed by atoms with Crippen molar-refractivity contribution >= 4 is 15.9 Å². The summed E-state index contributed by atoms with van der Waals surface area (Å²) < 4.78 is 46.8. The second kappa shape index (κ2) is 10.2. The van der Waals surface area contributed by atoms with Crippen molar-refractivity contribution < 1.29 is 22.3 Å². The van der Waals surface area contributed by atoms with Gasteiger partial charge in [0.1, 0.15) is 16.5 Å². The van der Waals surface area contributed by atoms with Gasteiger partial charge in [0.15, 0.2) is 0 Å². The SMILES string of the molecule is COc1ccccc1CNC(=O)CN(Cc1ccccc1)S(=O)(=O)c1ccccc1F. The Morgan fingerprint density at radius 2 is 1.61 bits per heavy atom. The minimum Gasteiger partial charge on any atom is -0.496 e. The van der Waals surface area contributed by atoms with Gasteiger partial charge in [-0.2, -0.15) is 4.31 Å². The standard InChI is InChI=1S/C23H23FN2O4S/c1-30-21-13-7-5-11-19(21)15-25-23(27)17-26(16-18-9-3-2-4-10-18)31(28,29)22-14-8-6-12-20(22)24/h2-14H,15-17H2,1H3,(H,25,27). The van der Waals surface area contributed by atoms with E-state index in [0.717, 1.165) is 15.9 Å². The predicted octanol–water partition coefficient (Wildman–Crippen LogP) is 3.34. The number of nitrogens with zero attached hydrogens (tertiary/aromatic N) is 1. The number of para-hydroxylation sites is 1. The van der Waals surface area contributed by atoms with Crippen molar-refractivity contribution in [3.63, 3.8) is 0 Å².